The third-order valence-electron chi connectivity index (χ3n) is 3.54. The smallest absolute Gasteiger partial charge is 0.119 e. The Morgan fingerprint density at radius 2 is 1.75 bits per heavy atom. The molecule has 1 unspecified atom stereocenters. The first-order valence-electron chi connectivity index (χ1n) is 7.67. The fourth-order valence-electron chi connectivity index (χ4n) is 2.14. The Hall–Kier alpha value is -1.06. The lowest BCUT2D eigenvalue weighted by Gasteiger charge is -2.20. The van der Waals surface area contributed by atoms with E-state index in [0.717, 1.165) is 38.2 Å². The van der Waals surface area contributed by atoms with Crippen LogP contribution in [0.1, 0.15) is 39.2 Å². The molecule has 114 valence electrons. The van der Waals surface area contributed by atoms with Crippen molar-refractivity contribution in [2.45, 2.75) is 52.2 Å². The molecule has 3 heteroatoms. The van der Waals surface area contributed by atoms with Gasteiger partial charge in [0.1, 0.15) is 11.9 Å². The quantitative estimate of drug-likeness (QED) is 0.712. The van der Waals surface area contributed by atoms with Gasteiger partial charge in [-0.3, -0.25) is 0 Å². The van der Waals surface area contributed by atoms with E-state index in [9.17, 15) is 0 Å². The molecular formula is C17H29NO2. The highest BCUT2D eigenvalue weighted by molar-refractivity contribution is 5.27. The van der Waals surface area contributed by atoms with Crippen molar-refractivity contribution in [3.8, 4) is 5.75 Å². The molecular weight excluding hydrogens is 250 g/mol. The lowest BCUT2D eigenvalue weighted by Crippen LogP contribution is -2.36. The molecule has 0 aromatic heterocycles. The van der Waals surface area contributed by atoms with E-state index in [4.69, 9.17) is 9.47 Å². The first-order chi connectivity index (χ1) is 9.69. The Balaban J connectivity index is 2.35. The van der Waals surface area contributed by atoms with Gasteiger partial charge in [0.15, 0.2) is 0 Å². The molecule has 0 radical (unpaired) electrons. The first-order valence-corrected chi connectivity index (χ1v) is 7.67. The van der Waals surface area contributed by atoms with Crippen LogP contribution in [0, 0.1) is 0 Å². The highest BCUT2D eigenvalue weighted by Crippen LogP contribution is 2.14. The van der Waals surface area contributed by atoms with Gasteiger partial charge in [0, 0.05) is 19.7 Å². The van der Waals surface area contributed by atoms with E-state index in [1.165, 1.54) is 5.56 Å². The summed E-state index contributed by atoms with van der Waals surface area (Å²) in [6.07, 6.45) is 3.46. The molecule has 0 bridgehead atoms. The number of hydrogen-bond donors (Lipinski definition) is 1. The van der Waals surface area contributed by atoms with Crippen molar-refractivity contribution in [3.63, 3.8) is 0 Å². The van der Waals surface area contributed by atoms with Crippen molar-refractivity contribution >= 4 is 0 Å². The average Bonchev–Trinajstić information content (AvgIpc) is 2.47. The number of nitrogens with one attached hydrogen (secondary N) is 1. The molecule has 0 fully saturated rings. The molecule has 0 amide bonds. The third kappa shape index (κ3) is 6.40. The number of rotatable bonds is 10. The number of methoxy groups -OCH3 is 1. The summed E-state index contributed by atoms with van der Waals surface area (Å²) in [5.41, 5.74) is 1.28. The molecule has 0 saturated carbocycles. The van der Waals surface area contributed by atoms with Crippen LogP contribution in [0.3, 0.4) is 0 Å². The van der Waals surface area contributed by atoms with Crippen molar-refractivity contribution in [1.82, 2.24) is 5.32 Å². The Morgan fingerprint density at radius 3 is 2.30 bits per heavy atom. The molecule has 0 aliphatic rings. The van der Waals surface area contributed by atoms with E-state index < -0.39 is 0 Å². The van der Waals surface area contributed by atoms with Gasteiger partial charge in [0.25, 0.3) is 0 Å². The molecule has 20 heavy (non-hydrogen) atoms. The third-order valence-corrected chi connectivity index (χ3v) is 3.54. The van der Waals surface area contributed by atoms with Gasteiger partial charge >= 0.3 is 0 Å². The van der Waals surface area contributed by atoms with Crippen molar-refractivity contribution in [1.29, 1.82) is 0 Å². The SMILES string of the molecule is CCC(CC)NCC(C)Oc1ccc(CCOC)cc1. The van der Waals surface area contributed by atoms with Crippen LogP contribution >= 0.6 is 0 Å². The van der Waals surface area contributed by atoms with Gasteiger partial charge in [-0.15, -0.1) is 0 Å². The zero-order chi connectivity index (χ0) is 14.8. The minimum atomic E-state index is 0.181. The minimum Gasteiger partial charge on any atom is -0.489 e. The van der Waals surface area contributed by atoms with E-state index in [2.05, 4.69) is 38.2 Å². The second kappa shape index (κ2) is 9.78. The summed E-state index contributed by atoms with van der Waals surface area (Å²) in [7, 11) is 1.73. The lowest BCUT2D eigenvalue weighted by atomic mass is 10.1. The fourth-order valence-corrected chi connectivity index (χ4v) is 2.14. The summed E-state index contributed by atoms with van der Waals surface area (Å²) >= 11 is 0. The van der Waals surface area contributed by atoms with Crippen molar-refractivity contribution in [3.05, 3.63) is 29.8 Å². The maximum atomic E-state index is 5.92. The Kier molecular flexibility index (Phi) is 8.31. The second-order valence-corrected chi connectivity index (χ2v) is 5.24. The molecule has 1 rings (SSSR count). The predicted octanol–water partition coefficient (Wildman–Crippen LogP) is 3.42. The zero-order valence-corrected chi connectivity index (χ0v) is 13.3. The minimum absolute atomic E-state index is 0.181. The molecule has 0 spiro atoms. The molecule has 1 aromatic carbocycles. The molecule has 0 saturated heterocycles. The maximum Gasteiger partial charge on any atom is 0.119 e. The van der Waals surface area contributed by atoms with Crippen LogP contribution in [-0.2, 0) is 11.2 Å². The molecule has 1 aromatic rings. The number of hydrogen-bond acceptors (Lipinski definition) is 3. The van der Waals surface area contributed by atoms with Crippen molar-refractivity contribution in [2.24, 2.45) is 0 Å². The Morgan fingerprint density at radius 1 is 1.10 bits per heavy atom. The summed E-state index contributed by atoms with van der Waals surface area (Å²) in [4.78, 5) is 0. The zero-order valence-electron chi connectivity index (χ0n) is 13.3. The van der Waals surface area contributed by atoms with Crippen LogP contribution in [0.2, 0.25) is 0 Å². The summed E-state index contributed by atoms with van der Waals surface area (Å²) in [6.45, 7) is 8.18. The molecule has 0 aliphatic carbocycles. The molecule has 0 heterocycles. The molecule has 1 N–H and O–H groups in total. The van der Waals surface area contributed by atoms with Crippen molar-refractivity contribution in [2.75, 3.05) is 20.3 Å². The van der Waals surface area contributed by atoms with Crippen LogP contribution in [0.4, 0.5) is 0 Å². The van der Waals surface area contributed by atoms with E-state index in [0.29, 0.717) is 6.04 Å². The largest absolute Gasteiger partial charge is 0.489 e. The fraction of sp³-hybridized carbons (Fsp3) is 0.647. The topological polar surface area (TPSA) is 30.5 Å². The summed E-state index contributed by atoms with van der Waals surface area (Å²) < 4.78 is 11.0. The van der Waals surface area contributed by atoms with E-state index >= 15 is 0 Å². The van der Waals surface area contributed by atoms with E-state index in [-0.39, 0.29) is 6.10 Å². The van der Waals surface area contributed by atoms with Crippen LogP contribution in [-0.4, -0.2) is 32.4 Å². The molecule has 0 aliphatic heterocycles. The van der Waals surface area contributed by atoms with Gasteiger partial charge in [-0.2, -0.15) is 0 Å². The van der Waals surface area contributed by atoms with Gasteiger partial charge < -0.3 is 14.8 Å². The van der Waals surface area contributed by atoms with Gasteiger partial charge in [-0.05, 0) is 43.9 Å². The normalized spacial score (nSPS) is 12.7. The predicted molar refractivity (Wildman–Crippen MR) is 84.5 cm³/mol. The first kappa shape index (κ1) is 17.0. The Bertz CT molecular complexity index is 347. The highest BCUT2D eigenvalue weighted by Gasteiger charge is 2.07. The van der Waals surface area contributed by atoms with Crippen molar-refractivity contribution < 1.29 is 9.47 Å². The van der Waals surface area contributed by atoms with Crippen LogP contribution in [0.25, 0.3) is 0 Å². The molecule has 1 atom stereocenters. The van der Waals surface area contributed by atoms with Gasteiger partial charge in [0.2, 0.25) is 0 Å². The lowest BCUT2D eigenvalue weighted by molar-refractivity contribution is 0.202. The monoisotopic (exact) mass is 279 g/mol. The maximum absolute atomic E-state index is 5.92. The van der Waals surface area contributed by atoms with Crippen LogP contribution in [0.5, 0.6) is 5.75 Å². The van der Waals surface area contributed by atoms with E-state index in [1.807, 2.05) is 12.1 Å². The highest BCUT2D eigenvalue weighted by atomic mass is 16.5. The van der Waals surface area contributed by atoms with E-state index in [1.54, 1.807) is 7.11 Å². The standard InChI is InChI=1S/C17H29NO2/c1-5-16(6-2)18-13-14(3)20-17-9-7-15(8-10-17)11-12-19-4/h7-10,14,16,18H,5-6,11-13H2,1-4H3. The average molecular weight is 279 g/mol. The number of benzene rings is 1. The Labute approximate surface area is 123 Å². The summed E-state index contributed by atoms with van der Waals surface area (Å²) in [5.74, 6) is 0.935. The van der Waals surface area contributed by atoms with Gasteiger partial charge in [-0.25, -0.2) is 0 Å². The van der Waals surface area contributed by atoms with Crippen LogP contribution < -0.4 is 10.1 Å². The number of ether oxygens (including phenoxy) is 2. The van der Waals surface area contributed by atoms with Crippen LogP contribution in [0.15, 0.2) is 24.3 Å². The molecule has 3 nitrogen and oxygen atoms in total. The summed E-state index contributed by atoms with van der Waals surface area (Å²) in [6, 6.07) is 8.89. The second-order valence-electron chi connectivity index (χ2n) is 5.24. The summed E-state index contributed by atoms with van der Waals surface area (Å²) in [5, 5.41) is 3.54. The van der Waals surface area contributed by atoms with Gasteiger partial charge in [0.05, 0.1) is 6.61 Å². The van der Waals surface area contributed by atoms with Gasteiger partial charge in [-0.1, -0.05) is 26.0 Å².